The van der Waals surface area contributed by atoms with Gasteiger partial charge in [-0.25, -0.2) is 0 Å². The first-order valence-electron chi connectivity index (χ1n) is 8.22. The van der Waals surface area contributed by atoms with E-state index in [4.69, 9.17) is 9.84 Å². The molecule has 1 aromatic rings. The van der Waals surface area contributed by atoms with E-state index in [0.717, 1.165) is 24.8 Å². The molecule has 1 saturated heterocycles. The topological polar surface area (TPSA) is 35.9 Å². The van der Waals surface area contributed by atoms with Crippen LogP contribution in [0.25, 0.3) is 0 Å². The Morgan fingerprint density at radius 1 is 1.23 bits per heavy atom. The summed E-state index contributed by atoms with van der Waals surface area (Å²) in [5.74, 6) is 2.28. The molecule has 4 nitrogen and oxygen atoms in total. The fraction of sp³-hybridized carbons (Fsp3) is 0.667. The highest BCUT2D eigenvalue weighted by atomic mass is 16.5. The maximum Gasteiger partial charge on any atom is 0.119 e. The molecular formula is C18H30N2O2. The van der Waals surface area contributed by atoms with Gasteiger partial charge in [0.25, 0.3) is 0 Å². The first kappa shape index (κ1) is 17.3. The van der Waals surface area contributed by atoms with Crippen molar-refractivity contribution in [3.8, 4) is 5.75 Å². The van der Waals surface area contributed by atoms with Crippen molar-refractivity contribution in [2.24, 2.45) is 11.8 Å². The van der Waals surface area contributed by atoms with Crippen LogP contribution in [0, 0.1) is 11.8 Å². The van der Waals surface area contributed by atoms with Crippen molar-refractivity contribution in [2.75, 3.05) is 40.4 Å². The number of likely N-dealkylation sites (N-methyl/N-ethyl adjacent to an activating group) is 1. The fourth-order valence-corrected chi connectivity index (χ4v) is 3.34. The lowest BCUT2D eigenvalue weighted by Gasteiger charge is -2.27. The van der Waals surface area contributed by atoms with E-state index in [2.05, 4.69) is 49.9 Å². The third-order valence-corrected chi connectivity index (χ3v) is 4.62. The van der Waals surface area contributed by atoms with Crippen LogP contribution in [0.15, 0.2) is 24.3 Å². The summed E-state index contributed by atoms with van der Waals surface area (Å²) in [6, 6.07) is 8.88. The smallest absolute Gasteiger partial charge is 0.119 e. The van der Waals surface area contributed by atoms with E-state index in [1.54, 1.807) is 0 Å². The number of nitrogens with zero attached hydrogens (tertiary/aromatic N) is 2. The number of aliphatic hydroxyl groups excluding tert-OH is 1. The molecule has 22 heavy (non-hydrogen) atoms. The Morgan fingerprint density at radius 2 is 1.91 bits per heavy atom. The van der Waals surface area contributed by atoms with Crippen LogP contribution in [-0.2, 0) is 6.54 Å². The predicted molar refractivity (Wildman–Crippen MR) is 90.1 cm³/mol. The molecule has 0 amide bonds. The summed E-state index contributed by atoms with van der Waals surface area (Å²) >= 11 is 0. The molecule has 0 unspecified atom stereocenters. The van der Waals surface area contributed by atoms with E-state index < -0.39 is 0 Å². The highest BCUT2D eigenvalue weighted by Crippen LogP contribution is 2.28. The van der Waals surface area contributed by atoms with Gasteiger partial charge in [0, 0.05) is 25.7 Å². The average Bonchev–Trinajstić information content (AvgIpc) is 2.91. The highest BCUT2D eigenvalue weighted by molar-refractivity contribution is 5.27. The van der Waals surface area contributed by atoms with Crippen molar-refractivity contribution >= 4 is 0 Å². The summed E-state index contributed by atoms with van der Waals surface area (Å²) in [6.07, 6.45) is 0. The average molecular weight is 306 g/mol. The Hall–Kier alpha value is -1.10. The Morgan fingerprint density at radius 3 is 2.41 bits per heavy atom. The molecule has 124 valence electrons. The molecule has 2 atom stereocenters. The zero-order valence-corrected chi connectivity index (χ0v) is 14.3. The van der Waals surface area contributed by atoms with Crippen LogP contribution < -0.4 is 4.74 Å². The number of aliphatic hydroxyl groups is 1. The fourth-order valence-electron chi connectivity index (χ4n) is 3.34. The minimum atomic E-state index is 0.0536. The van der Waals surface area contributed by atoms with E-state index in [-0.39, 0.29) is 6.61 Å². The van der Waals surface area contributed by atoms with Gasteiger partial charge in [-0.05, 0) is 43.6 Å². The van der Waals surface area contributed by atoms with Gasteiger partial charge in [-0.15, -0.1) is 0 Å². The van der Waals surface area contributed by atoms with E-state index in [1.807, 2.05) is 12.1 Å². The maximum absolute atomic E-state index is 8.78. The molecule has 0 spiro atoms. The van der Waals surface area contributed by atoms with Gasteiger partial charge in [0.2, 0.25) is 0 Å². The molecule has 1 aliphatic heterocycles. The monoisotopic (exact) mass is 306 g/mol. The quantitative estimate of drug-likeness (QED) is 0.837. The van der Waals surface area contributed by atoms with Crippen molar-refractivity contribution < 1.29 is 9.84 Å². The summed E-state index contributed by atoms with van der Waals surface area (Å²) in [6.45, 7) is 8.37. The van der Waals surface area contributed by atoms with Gasteiger partial charge >= 0.3 is 0 Å². The summed E-state index contributed by atoms with van der Waals surface area (Å²) in [5.41, 5.74) is 1.32. The SMILES string of the molecule is CC(C)[C@H]1CN(Cc2ccc(OCCO)cc2)C[C@@H]1N(C)C. The first-order chi connectivity index (χ1) is 10.5. The van der Waals surface area contributed by atoms with Crippen LogP contribution >= 0.6 is 0 Å². The lowest BCUT2D eigenvalue weighted by atomic mass is 9.91. The maximum atomic E-state index is 8.78. The Labute approximate surface area is 134 Å². The largest absolute Gasteiger partial charge is 0.491 e. The van der Waals surface area contributed by atoms with Gasteiger partial charge in [-0.3, -0.25) is 4.90 Å². The lowest BCUT2D eigenvalue weighted by molar-refractivity contribution is 0.201. The molecule has 0 aliphatic carbocycles. The van der Waals surface area contributed by atoms with Gasteiger partial charge in [-0.2, -0.15) is 0 Å². The second-order valence-electron chi connectivity index (χ2n) is 6.85. The summed E-state index contributed by atoms with van der Waals surface area (Å²) in [4.78, 5) is 4.93. The minimum Gasteiger partial charge on any atom is -0.491 e. The first-order valence-corrected chi connectivity index (χ1v) is 8.22. The van der Waals surface area contributed by atoms with Gasteiger partial charge in [0.05, 0.1) is 6.61 Å². The lowest BCUT2D eigenvalue weighted by Crippen LogP contribution is -2.37. The van der Waals surface area contributed by atoms with Crippen LogP contribution in [0.5, 0.6) is 5.75 Å². The van der Waals surface area contributed by atoms with Crippen LogP contribution in [-0.4, -0.2) is 61.3 Å². The van der Waals surface area contributed by atoms with Crippen LogP contribution in [0.2, 0.25) is 0 Å². The van der Waals surface area contributed by atoms with Gasteiger partial charge in [0.1, 0.15) is 12.4 Å². The van der Waals surface area contributed by atoms with E-state index in [9.17, 15) is 0 Å². The zero-order valence-electron chi connectivity index (χ0n) is 14.3. The van der Waals surface area contributed by atoms with Crippen molar-refractivity contribution in [2.45, 2.75) is 26.4 Å². The van der Waals surface area contributed by atoms with E-state index in [1.165, 1.54) is 12.1 Å². The number of rotatable bonds is 7. The van der Waals surface area contributed by atoms with Gasteiger partial charge in [0.15, 0.2) is 0 Å². The van der Waals surface area contributed by atoms with Gasteiger partial charge < -0.3 is 14.7 Å². The molecule has 2 rings (SSSR count). The van der Waals surface area contributed by atoms with Crippen LogP contribution in [0.3, 0.4) is 0 Å². The molecule has 4 heteroatoms. The van der Waals surface area contributed by atoms with Crippen molar-refractivity contribution in [3.63, 3.8) is 0 Å². The molecule has 0 radical (unpaired) electrons. The van der Waals surface area contributed by atoms with Crippen molar-refractivity contribution in [3.05, 3.63) is 29.8 Å². The Kier molecular flexibility index (Phi) is 6.24. The molecule has 1 heterocycles. The molecule has 0 bridgehead atoms. The van der Waals surface area contributed by atoms with E-state index in [0.29, 0.717) is 18.6 Å². The number of likely N-dealkylation sites (tertiary alicyclic amines) is 1. The Balaban J connectivity index is 1.93. The van der Waals surface area contributed by atoms with Crippen LogP contribution in [0.1, 0.15) is 19.4 Å². The predicted octanol–water partition coefficient (Wildman–Crippen LogP) is 2.08. The number of hydrogen-bond acceptors (Lipinski definition) is 4. The standard InChI is InChI=1S/C18H30N2O2/c1-14(2)17-12-20(13-18(17)19(3)4)11-15-5-7-16(8-6-15)22-10-9-21/h5-8,14,17-18,21H,9-13H2,1-4H3/t17-,18+/m1/s1. The number of hydrogen-bond donors (Lipinski definition) is 1. The molecule has 0 aromatic heterocycles. The highest BCUT2D eigenvalue weighted by Gasteiger charge is 2.35. The third kappa shape index (κ3) is 4.45. The van der Waals surface area contributed by atoms with Gasteiger partial charge in [-0.1, -0.05) is 26.0 Å². The summed E-state index contributed by atoms with van der Waals surface area (Å²) in [7, 11) is 4.38. The molecular weight excluding hydrogens is 276 g/mol. The second-order valence-corrected chi connectivity index (χ2v) is 6.85. The van der Waals surface area contributed by atoms with Crippen molar-refractivity contribution in [1.82, 2.24) is 9.80 Å². The summed E-state index contributed by atoms with van der Waals surface area (Å²) in [5, 5.41) is 8.78. The normalized spacial score (nSPS) is 22.7. The molecule has 0 saturated carbocycles. The second kappa shape index (κ2) is 7.95. The van der Waals surface area contributed by atoms with E-state index >= 15 is 0 Å². The molecule has 1 fully saturated rings. The van der Waals surface area contributed by atoms with Crippen molar-refractivity contribution in [1.29, 1.82) is 0 Å². The third-order valence-electron chi connectivity index (χ3n) is 4.62. The number of benzene rings is 1. The zero-order chi connectivity index (χ0) is 16.1. The molecule has 1 N–H and O–H groups in total. The Bertz CT molecular complexity index is 429. The molecule has 1 aliphatic rings. The minimum absolute atomic E-state index is 0.0536. The number of ether oxygens (including phenoxy) is 1. The van der Waals surface area contributed by atoms with Crippen LogP contribution in [0.4, 0.5) is 0 Å². The summed E-state index contributed by atoms with van der Waals surface area (Å²) < 4.78 is 5.41. The molecule has 1 aromatic carbocycles.